The molecule has 1 aromatic carbocycles. The van der Waals surface area contributed by atoms with Gasteiger partial charge in [-0.1, -0.05) is 24.2 Å². The molecule has 0 bridgehead atoms. The van der Waals surface area contributed by atoms with Crippen LogP contribution in [-0.4, -0.2) is 66.4 Å². The fourth-order valence-electron chi connectivity index (χ4n) is 3.50. The summed E-state index contributed by atoms with van der Waals surface area (Å²) in [6.07, 6.45) is 1.82. The maximum Gasteiger partial charge on any atom is 0.257 e. The first-order chi connectivity index (χ1) is 14.5. The minimum Gasteiger partial charge on any atom is -0.379 e. The van der Waals surface area contributed by atoms with Crippen LogP contribution in [0.1, 0.15) is 38.6 Å². The molecule has 8 heteroatoms. The number of hydrogen-bond donors (Lipinski definition) is 2. The largest absolute Gasteiger partial charge is 0.379 e. The molecular weight excluding hydrogens is 380 g/mol. The van der Waals surface area contributed by atoms with E-state index in [0.717, 1.165) is 68.6 Å². The van der Waals surface area contributed by atoms with Crippen molar-refractivity contribution in [3.05, 3.63) is 35.7 Å². The van der Waals surface area contributed by atoms with E-state index in [4.69, 9.17) is 9.26 Å². The maximum absolute atomic E-state index is 5.47. The molecule has 8 nitrogen and oxygen atoms in total. The van der Waals surface area contributed by atoms with E-state index in [2.05, 4.69) is 63.6 Å². The van der Waals surface area contributed by atoms with Gasteiger partial charge in [-0.15, -0.1) is 0 Å². The lowest BCUT2D eigenvalue weighted by Crippen LogP contribution is -2.56. The van der Waals surface area contributed by atoms with Crippen LogP contribution in [0.5, 0.6) is 0 Å². The van der Waals surface area contributed by atoms with Crippen LogP contribution in [0.3, 0.4) is 0 Å². The van der Waals surface area contributed by atoms with Crippen LogP contribution >= 0.6 is 0 Å². The molecular formula is C22H34N6O2. The summed E-state index contributed by atoms with van der Waals surface area (Å²) >= 11 is 0. The highest BCUT2D eigenvalue weighted by Crippen LogP contribution is 2.19. The van der Waals surface area contributed by atoms with Gasteiger partial charge >= 0.3 is 0 Å². The average Bonchev–Trinajstić information content (AvgIpc) is 3.24. The number of aromatic nitrogens is 2. The maximum atomic E-state index is 5.47. The molecule has 2 aromatic rings. The highest BCUT2D eigenvalue weighted by molar-refractivity contribution is 5.79. The number of morpholine rings is 1. The van der Waals surface area contributed by atoms with Crippen molar-refractivity contribution >= 4 is 5.96 Å². The first-order valence-electron chi connectivity index (χ1n) is 10.7. The fraction of sp³-hybridized carbons (Fsp3) is 0.591. The Bertz CT molecular complexity index is 827. The Hall–Kier alpha value is -2.45. The first-order valence-corrected chi connectivity index (χ1v) is 10.7. The number of nitrogens with one attached hydrogen (secondary N) is 2. The lowest BCUT2D eigenvalue weighted by Gasteiger charge is -2.41. The summed E-state index contributed by atoms with van der Waals surface area (Å²) in [5.74, 6) is 2.10. The number of benzene rings is 1. The Labute approximate surface area is 179 Å². The SMILES string of the molecule is CCCc1noc(-c2cccc(CNC(=NC)NCC(C)(C)N3CCOCC3)c2)n1. The third kappa shape index (κ3) is 6.03. The van der Waals surface area contributed by atoms with Gasteiger partial charge in [-0.25, -0.2) is 0 Å². The van der Waals surface area contributed by atoms with Gasteiger partial charge in [-0.2, -0.15) is 4.98 Å². The van der Waals surface area contributed by atoms with E-state index in [9.17, 15) is 0 Å². The van der Waals surface area contributed by atoms with Crippen molar-refractivity contribution in [2.75, 3.05) is 39.9 Å². The van der Waals surface area contributed by atoms with Gasteiger partial charge in [-0.05, 0) is 38.0 Å². The van der Waals surface area contributed by atoms with Crippen LogP contribution in [0.15, 0.2) is 33.8 Å². The number of rotatable bonds is 8. The van der Waals surface area contributed by atoms with Crippen LogP contribution in [0.2, 0.25) is 0 Å². The molecule has 0 unspecified atom stereocenters. The van der Waals surface area contributed by atoms with Crippen molar-refractivity contribution in [1.82, 2.24) is 25.7 Å². The third-order valence-corrected chi connectivity index (χ3v) is 5.35. The van der Waals surface area contributed by atoms with Crippen molar-refractivity contribution in [2.24, 2.45) is 4.99 Å². The molecule has 1 aliphatic rings. The quantitative estimate of drug-likeness (QED) is 0.507. The van der Waals surface area contributed by atoms with Crippen molar-refractivity contribution in [1.29, 1.82) is 0 Å². The molecule has 1 aliphatic heterocycles. The minimum atomic E-state index is 0.0233. The number of guanidine groups is 1. The lowest BCUT2D eigenvalue weighted by atomic mass is 10.0. The van der Waals surface area contributed by atoms with Gasteiger partial charge < -0.3 is 19.9 Å². The summed E-state index contributed by atoms with van der Waals surface area (Å²) in [5.41, 5.74) is 2.08. The van der Waals surface area contributed by atoms with Crippen molar-refractivity contribution in [3.63, 3.8) is 0 Å². The molecule has 1 saturated heterocycles. The Morgan fingerprint density at radius 1 is 1.23 bits per heavy atom. The van der Waals surface area contributed by atoms with Crippen molar-refractivity contribution in [3.8, 4) is 11.5 Å². The second kappa shape index (κ2) is 10.5. The van der Waals surface area contributed by atoms with Crippen LogP contribution in [0.4, 0.5) is 0 Å². The van der Waals surface area contributed by atoms with Gasteiger partial charge in [0.1, 0.15) is 0 Å². The Morgan fingerprint density at radius 3 is 2.77 bits per heavy atom. The zero-order chi connectivity index (χ0) is 21.4. The molecule has 0 spiro atoms. The van der Waals surface area contributed by atoms with E-state index >= 15 is 0 Å². The summed E-state index contributed by atoms with van der Waals surface area (Å²) in [6.45, 7) is 11.6. The summed E-state index contributed by atoms with van der Waals surface area (Å²) in [4.78, 5) is 11.3. The lowest BCUT2D eigenvalue weighted by molar-refractivity contribution is -0.00834. The fourth-order valence-corrected chi connectivity index (χ4v) is 3.50. The van der Waals surface area contributed by atoms with Crippen LogP contribution in [0.25, 0.3) is 11.5 Å². The molecule has 2 N–H and O–H groups in total. The summed E-state index contributed by atoms with van der Waals surface area (Å²) in [5, 5.41) is 10.9. The van der Waals surface area contributed by atoms with E-state index in [1.165, 1.54) is 0 Å². The van der Waals surface area contributed by atoms with Gasteiger partial charge in [-0.3, -0.25) is 9.89 Å². The van der Waals surface area contributed by atoms with Gasteiger partial charge in [0.25, 0.3) is 5.89 Å². The molecule has 0 aliphatic carbocycles. The van der Waals surface area contributed by atoms with E-state index in [1.54, 1.807) is 7.05 Å². The number of nitrogens with zero attached hydrogens (tertiary/aromatic N) is 4. The van der Waals surface area contributed by atoms with Crippen LogP contribution in [0, 0.1) is 0 Å². The molecule has 164 valence electrons. The standard InChI is InChI=1S/C22H34N6O2/c1-5-7-19-26-20(30-27-19)18-9-6-8-17(14-18)15-24-21(23-4)25-16-22(2,3)28-10-12-29-13-11-28/h6,8-9,14H,5,7,10-13,15-16H2,1-4H3,(H2,23,24,25). The average molecular weight is 415 g/mol. The third-order valence-electron chi connectivity index (χ3n) is 5.35. The predicted octanol–water partition coefficient (Wildman–Crippen LogP) is 2.46. The summed E-state index contributed by atoms with van der Waals surface area (Å²) in [7, 11) is 1.79. The molecule has 0 saturated carbocycles. The van der Waals surface area contributed by atoms with E-state index in [0.29, 0.717) is 12.4 Å². The van der Waals surface area contributed by atoms with E-state index in [1.807, 2.05) is 12.1 Å². The number of aryl methyl sites for hydroxylation is 1. The highest BCUT2D eigenvalue weighted by atomic mass is 16.5. The normalized spacial score (nSPS) is 15.9. The monoisotopic (exact) mass is 414 g/mol. The van der Waals surface area contributed by atoms with Gasteiger partial charge in [0.15, 0.2) is 11.8 Å². The molecule has 0 radical (unpaired) electrons. The minimum absolute atomic E-state index is 0.0233. The Kier molecular flexibility index (Phi) is 7.81. The predicted molar refractivity (Wildman–Crippen MR) is 118 cm³/mol. The van der Waals surface area contributed by atoms with Crippen LogP contribution in [-0.2, 0) is 17.7 Å². The zero-order valence-corrected chi connectivity index (χ0v) is 18.6. The number of ether oxygens (including phenoxy) is 1. The van der Waals surface area contributed by atoms with E-state index in [-0.39, 0.29) is 5.54 Å². The van der Waals surface area contributed by atoms with Gasteiger partial charge in [0.2, 0.25) is 0 Å². The van der Waals surface area contributed by atoms with Gasteiger partial charge in [0, 0.05) is 50.7 Å². The molecule has 1 aromatic heterocycles. The smallest absolute Gasteiger partial charge is 0.257 e. The topological polar surface area (TPSA) is 87.8 Å². The molecule has 30 heavy (non-hydrogen) atoms. The molecule has 3 rings (SSSR count). The van der Waals surface area contributed by atoms with Crippen LogP contribution < -0.4 is 10.6 Å². The summed E-state index contributed by atoms with van der Waals surface area (Å²) in [6, 6.07) is 8.14. The second-order valence-electron chi connectivity index (χ2n) is 8.16. The molecule has 2 heterocycles. The zero-order valence-electron chi connectivity index (χ0n) is 18.6. The molecule has 1 fully saturated rings. The second-order valence-corrected chi connectivity index (χ2v) is 8.16. The van der Waals surface area contributed by atoms with Crippen molar-refractivity contribution in [2.45, 2.75) is 45.7 Å². The van der Waals surface area contributed by atoms with Gasteiger partial charge in [0.05, 0.1) is 13.2 Å². The van der Waals surface area contributed by atoms with Crippen molar-refractivity contribution < 1.29 is 9.26 Å². The number of aliphatic imine (C=N–C) groups is 1. The first kappa shape index (κ1) is 22.2. The Morgan fingerprint density at radius 2 is 2.03 bits per heavy atom. The molecule has 0 atom stereocenters. The number of hydrogen-bond acceptors (Lipinski definition) is 6. The summed E-state index contributed by atoms with van der Waals surface area (Å²) < 4.78 is 10.9. The molecule has 0 amide bonds. The van der Waals surface area contributed by atoms with E-state index < -0.39 is 0 Å². The Balaban J connectivity index is 1.54. The highest BCUT2D eigenvalue weighted by Gasteiger charge is 2.28.